The lowest BCUT2D eigenvalue weighted by molar-refractivity contribution is -0.145. The van der Waals surface area contributed by atoms with Crippen molar-refractivity contribution in [1.29, 1.82) is 0 Å². The van der Waals surface area contributed by atoms with Gasteiger partial charge in [0.25, 0.3) is 5.91 Å². The average molecular weight is 291 g/mol. The van der Waals surface area contributed by atoms with Gasteiger partial charge >= 0.3 is 0 Å². The summed E-state index contributed by atoms with van der Waals surface area (Å²) in [7, 11) is 0. The van der Waals surface area contributed by atoms with Gasteiger partial charge in [-0.25, -0.2) is 0 Å². The van der Waals surface area contributed by atoms with Crippen LogP contribution in [-0.2, 0) is 4.79 Å². The largest absolute Gasteiger partial charge is 0.479 e. The summed E-state index contributed by atoms with van der Waals surface area (Å²) in [5.74, 6) is 1.17. The first-order chi connectivity index (χ1) is 10.0. The van der Waals surface area contributed by atoms with Crippen LogP contribution < -0.4 is 10.5 Å². The molecule has 1 aromatic rings. The highest BCUT2D eigenvalue weighted by Gasteiger charge is 2.35. The summed E-state index contributed by atoms with van der Waals surface area (Å²) in [6.07, 6.45) is 4.73. The van der Waals surface area contributed by atoms with Crippen LogP contribution in [0.15, 0.2) is 24.5 Å². The molecule has 1 aliphatic heterocycles. The molecular formula is C16H25N3O2. The standard InChI is InChI=1S/C16H25N3O2/c1-11-7-14(9-17)8-12(2)19(11)16(20)13(3)21-15-5-4-6-18-10-15/h4-6,10-14H,7-9,17H2,1-3H3. The maximum atomic E-state index is 12.7. The number of hydrogen-bond acceptors (Lipinski definition) is 4. The molecule has 0 spiro atoms. The van der Waals surface area contributed by atoms with E-state index in [0.29, 0.717) is 18.2 Å². The van der Waals surface area contributed by atoms with Crippen molar-refractivity contribution >= 4 is 5.91 Å². The molecule has 1 fully saturated rings. The summed E-state index contributed by atoms with van der Waals surface area (Å²) in [5, 5.41) is 0. The van der Waals surface area contributed by atoms with E-state index in [1.165, 1.54) is 0 Å². The molecule has 3 atom stereocenters. The lowest BCUT2D eigenvalue weighted by Gasteiger charge is -2.43. The van der Waals surface area contributed by atoms with Crippen molar-refractivity contribution < 1.29 is 9.53 Å². The fourth-order valence-corrected chi connectivity index (χ4v) is 3.23. The lowest BCUT2D eigenvalue weighted by Crippen LogP contribution is -2.54. The Balaban J connectivity index is 2.01. The van der Waals surface area contributed by atoms with Crippen LogP contribution in [0.3, 0.4) is 0 Å². The Morgan fingerprint density at radius 2 is 2.14 bits per heavy atom. The average Bonchev–Trinajstić information content (AvgIpc) is 2.47. The van der Waals surface area contributed by atoms with Crippen molar-refractivity contribution in [3.8, 4) is 5.75 Å². The minimum absolute atomic E-state index is 0.0364. The van der Waals surface area contributed by atoms with Gasteiger partial charge in [0.05, 0.1) is 6.20 Å². The molecule has 2 heterocycles. The van der Waals surface area contributed by atoms with Gasteiger partial charge in [-0.05, 0) is 58.2 Å². The number of rotatable bonds is 4. The fraction of sp³-hybridized carbons (Fsp3) is 0.625. The zero-order valence-corrected chi connectivity index (χ0v) is 13.0. The Morgan fingerprint density at radius 3 is 2.67 bits per heavy atom. The Labute approximate surface area is 126 Å². The quantitative estimate of drug-likeness (QED) is 0.919. The van der Waals surface area contributed by atoms with Crippen molar-refractivity contribution in [2.24, 2.45) is 11.7 Å². The molecule has 2 N–H and O–H groups in total. The molecule has 21 heavy (non-hydrogen) atoms. The van der Waals surface area contributed by atoms with Gasteiger partial charge in [-0.1, -0.05) is 0 Å². The molecule has 0 radical (unpaired) electrons. The smallest absolute Gasteiger partial charge is 0.263 e. The van der Waals surface area contributed by atoms with Gasteiger partial charge < -0.3 is 15.4 Å². The van der Waals surface area contributed by atoms with E-state index >= 15 is 0 Å². The number of piperidine rings is 1. The van der Waals surface area contributed by atoms with Gasteiger partial charge in [-0.3, -0.25) is 9.78 Å². The van der Waals surface area contributed by atoms with Gasteiger partial charge in [0, 0.05) is 18.3 Å². The Bertz CT molecular complexity index is 454. The van der Waals surface area contributed by atoms with Crippen LogP contribution in [0.5, 0.6) is 5.75 Å². The van der Waals surface area contributed by atoms with E-state index in [1.54, 1.807) is 25.4 Å². The molecule has 2 rings (SSSR count). The van der Waals surface area contributed by atoms with E-state index in [1.807, 2.05) is 11.0 Å². The Kier molecular flexibility index (Phi) is 5.17. The zero-order valence-electron chi connectivity index (χ0n) is 13.0. The van der Waals surface area contributed by atoms with Crippen molar-refractivity contribution in [1.82, 2.24) is 9.88 Å². The van der Waals surface area contributed by atoms with Gasteiger partial charge in [-0.15, -0.1) is 0 Å². The number of amides is 1. The number of ether oxygens (including phenoxy) is 1. The summed E-state index contributed by atoms with van der Waals surface area (Å²) in [4.78, 5) is 18.6. The molecule has 5 heteroatoms. The second kappa shape index (κ2) is 6.89. The van der Waals surface area contributed by atoms with Gasteiger partial charge in [0.2, 0.25) is 0 Å². The summed E-state index contributed by atoms with van der Waals surface area (Å²) < 4.78 is 5.70. The van der Waals surface area contributed by atoms with Crippen LogP contribution in [-0.4, -0.2) is 40.5 Å². The number of carbonyl (C=O) groups excluding carboxylic acids is 1. The monoisotopic (exact) mass is 291 g/mol. The van der Waals surface area contributed by atoms with Gasteiger partial charge in [0.15, 0.2) is 6.10 Å². The minimum atomic E-state index is -0.506. The molecule has 1 aromatic heterocycles. The molecule has 0 saturated carbocycles. The fourth-order valence-electron chi connectivity index (χ4n) is 3.23. The third-order valence-electron chi connectivity index (χ3n) is 4.18. The van der Waals surface area contributed by atoms with E-state index in [4.69, 9.17) is 10.5 Å². The number of likely N-dealkylation sites (tertiary alicyclic amines) is 1. The molecule has 5 nitrogen and oxygen atoms in total. The normalized spacial score (nSPS) is 27.2. The van der Waals surface area contributed by atoms with Gasteiger partial charge in [0.1, 0.15) is 5.75 Å². The zero-order chi connectivity index (χ0) is 15.4. The van der Waals surface area contributed by atoms with Crippen molar-refractivity contribution in [2.45, 2.75) is 51.8 Å². The van der Waals surface area contributed by atoms with E-state index in [-0.39, 0.29) is 18.0 Å². The highest BCUT2D eigenvalue weighted by atomic mass is 16.5. The van der Waals surface area contributed by atoms with Crippen molar-refractivity contribution in [2.75, 3.05) is 6.54 Å². The molecule has 1 saturated heterocycles. The third-order valence-corrected chi connectivity index (χ3v) is 4.18. The molecular weight excluding hydrogens is 266 g/mol. The maximum Gasteiger partial charge on any atom is 0.263 e. The summed E-state index contributed by atoms with van der Waals surface area (Å²) in [5.41, 5.74) is 5.78. The van der Waals surface area contributed by atoms with Crippen molar-refractivity contribution in [3.05, 3.63) is 24.5 Å². The van der Waals surface area contributed by atoms with E-state index in [0.717, 1.165) is 12.8 Å². The number of aromatic nitrogens is 1. The van der Waals surface area contributed by atoms with Gasteiger partial charge in [-0.2, -0.15) is 0 Å². The summed E-state index contributed by atoms with van der Waals surface area (Å²) in [6, 6.07) is 4.01. The number of nitrogens with zero attached hydrogens (tertiary/aromatic N) is 2. The van der Waals surface area contributed by atoms with Crippen LogP contribution in [0.1, 0.15) is 33.6 Å². The molecule has 3 unspecified atom stereocenters. The predicted molar refractivity (Wildman–Crippen MR) is 81.9 cm³/mol. The second-order valence-electron chi connectivity index (χ2n) is 5.97. The van der Waals surface area contributed by atoms with Crippen LogP contribution >= 0.6 is 0 Å². The third kappa shape index (κ3) is 3.73. The molecule has 116 valence electrons. The van der Waals surface area contributed by atoms with E-state index < -0.39 is 6.10 Å². The predicted octanol–water partition coefficient (Wildman–Crippen LogP) is 1.82. The topological polar surface area (TPSA) is 68.5 Å². The number of pyridine rings is 1. The first-order valence-electron chi connectivity index (χ1n) is 7.61. The molecule has 1 amide bonds. The van der Waals surface area contributed by atoms with Crippen LogP contribution in [0.4, 0.5) is 0 Å². The van der Waals surface area contributed by atoms with Crippen LogP contribution in [0, 0.1) is 5.92 Å². The van der Waals surface area contributed by atoms with E-state index in [9.17, 15) is 4.79 Å². The molecule has 0 bridgehead atoms. The minimum Gasteiger partial charge on any atom is -0.479 e. The van der Waals surface area contributed by atoms with Crippen molar-refractivity contribution in [3.63, 3.8) is 0 Å². The molecule has 0 aliphatic carbocycles. The van der Waals surface area contributed by atoms with Crippen LogP contribution in [0.2, 0.25) is 0 Å². The number of carbonyl (C=O) groups is 1. The maximum absolute atomic E-state index is 12.7. The summed E-state index contributed by atoms with van der Waals surface area (Å²) >= 11 is 0. The highest BCUT2D eigenvalue weighted by Crippen LogP contribution is 2.28. The van der Waals surface area contributed by atoms with E-state index in [2.05, 4.69) is 18.8 Å². The highest BCUT2D eigenvalue weighted by molar-refractivity contribution is 5.81. The number of nitrogens with two attached hydrogens (primary N) is 1. The second-order valence-corrected chi connectivity index (χ2v) is 5.97. The Hall–Kier alpha value is -1.62. The summed E-state index contributed by atoms with van der Waals surface area (Å²) in [6.45, 7) is 6.67. The molecule has 0 aromatic carbocycles. The number of hydrogen-bond donors (Lipinski definition) is 1. The lowest BCUT2D eigenvalue weighted by atomic mass is 9.87. The first-order valence-corrected chi connectivity index (χ1v) is 7.61. The Morgan fingerprint density at radius 1 is 1.48 bits per heavy atom. The SMILES string of the molecule is CC(Oc1cccnc1)C(=O)N1C(C)CC(CN)CC1C. The molecule has 1 aliphatic rings. The first kappa shape index (κ1) is 15.8. The van der Waals surface area contributed by atoms with Crippen LogP contribution in [0.25, 0.3) is 0 Å².